The molecule has 0 saturated heterocycles. The van der Waals surface area contributed by atoms with Gasteiger partial charge in [0.05, 0.1) is 24.4 Å². The summed E-state index contributed by atoms with van der Waals surface area (Å²) in [7, 11) is 0. The van der Waals surface area contributed by atoms with Gasteiger partial charge in [-0.25, -0.2) is 0 Å². The molecular formula is C32H63NO2. The van der Waals surface area contributed by atoms with Crippen molar-refractivity contribution in [1.29, 1.82) is 0 Å². The smallest absolute Gasteiger partial charge is 0.0802 e. The summed E-state index contributed by atoms with van der Waals surface area (Å²) in [4.78, 5) is 0. The molecule has 2 N–H and O–H groups in total. The Morgan fingerprint density at radius 3 is 1.86 bits per heavy atom. The summed E-state index contributed by atoms with van der Waals surface area (Å²) in [6.45, 7) is 12.3. The maximum atomic E-state index is 6.41. The maximum absolute atomic E-state index is 6.41. The molecule has 3 heteroatoms. The molecule has 0 heterocycles. The van der Waals surface area contributed by atoms with Gasteiger partial charge in [-0.15, -0.1) is 0 Å². The zero-order chi connectivity index (χ0) is 26.0. The zero-order valence-corrected chi connectivity index (χ0v) is 24.5. The first-order valence-corrected chi connectivity index (χ1v) is 15.2. The summed E-state index contributed by atoms with van der Waals surface area (Å²) in [6, 6.07) is -0.0883. The van der Waals surface area contributed by atoms with Gasteiger partial charge in [-0.05, 0) is 65.7 Å². The molecule has 0 radical (unpaired) electrons. The molecule has 0 aliphatic carbocycles. The number of unbranched alkanes of at least 4 members (excludes halogenated alkanes) is 13. The molecule has 0 aromatic rings. The Kier molecular flexibility index (Phi) is 24.6. The molecule has 0 bridgehead atoms. The molecule has 0 aromatic heterocycles. The molecule has 0 aromatic carbocycles. The summed E-state index contributed by atoms with van der Waals surface area (Å²) in [6.07, 6.45) is 32.5. The van der Waals surface area contributed by atoms with Crippen LogP contribution in [0, 0.1) is 0 Å². The third-order valence-corrected chi connectivity index (χ3v) is 6.90. The van der Waals surface area contributed by atoms with Gasteiger partial charge in [0.15, 0.2) is 0 Å². The second kappa shape index (κ2) is 25.0. The van der Waals surface area contributed by atoms with Gasteiger partial charge in [-0.1, -0.05) is 109 Å². The van der Waals surface area contributed by atoms with Crippen LogP contribution in [0.25, 0.3) is 0 Å². The van der Waals surface area contributed by atoms with E-state index in [2.05, 4.69) is 58.9 Å². The molecule has 35 heavy (non-hydrogen) atoms. The van der Waals surface area contributed by atoms with Crippen LogP contribution in [0.4, 0.5) is 0 Å². The van der Waals surface area contributed by atoms with Gasteiger partial charge in [0.1, 0.15) is 0 Å². The highest BCUT2D eigenvalue weighted by Crippen LogP contribution is 2.20. The molecule has 0 amide bonds. The summed E-state index contributed by atoms with van der Waals surface area (Å²) in [5.41, 5.74) is 6.06. The monoisotopic (exact) mass is 493 g/mol. The molecule has 208 valence electrons. The highest BCUT2D eigenvalue weighted by Gasteiger charge is 2.29. The van der Waals surface area contributed by atoms with Crippen molar-refractivity contribution < 1.29 is 9.47 Å². The van der Waals surface area contributed by atoms with E-state index in [9.17, 15) is 0 Å². The van der Waals surface area contributed by atoms with Crippen molar-refractivity contribution in [2.75, 3.05) is 13.2 Å². The number of nitrogens with two attached hydrogens (primary N) is 1. The lowest BCUT2D eigenvalue weighted by Gasteiger charge is -2.34. The van der Waals surface area contributed by atoms with Crippen LogP contribution in [0.5, 0.6) is 0 Å². The van der Waals surface area contributed by atoms with Crippen LogP contribution in [0.2, 0.25) is 0 Å². The van der Waals surface area contributed by atoms with E-state index in [-0.39, 0.29) is 17.7 Å². The van der Waals surface area contributed by atoms with Crippen molar-refractivity contribution >= 4 is 0 Å². The number of allylic oxidation sites excluding steroid dienone is 4. The molecule has 0 fully saturated rings. The minimum atomic E-state index is -0.345. The average Bonchev–Trinajstić information content (AvgIpc) is 2.82. The topological polar surface area (TPSA) is 44.5 Å². The summed E-state index contributed by atoms with van der Waals surface area (Å²) < 4.78 is 12.2. The summed E-state index contributed by atoms with van der Waals surface area (Å²) in [5.74, 6) is 0. The van der Waals surface area contributed by atoms with E-state index in [0.717, 1.165) is 25.9 Å². The zero-order valence-electron chi connectivity index (χ0n) is 24.5. The number of hydrogen-bond acceptors (Lipinski definition) is 3. The molecule has 0 saturated carbocycles. The van der Waals surface area contributed by atoms with Crippen LogP contribution in [0.15, 0.2) is 24.3 Å². The fourth-order valence-corrected chi connectivity index (χ4v) is 4.30. The van der Waals surface area contributed by atoms with E-state index in [4.69, 9.17) is 15.2 Å². The van der Waals surface area contributed by atoms with E-state index < -0.39 is 0 Å². The Balaban J connectivity index is 3.58. The van der Waals surface area contributed by atoms with E-state index in [0.29, 0.717) is 6.61 Å². The summed E-state index contributed by atoms with van der Waals surface area (Å²) in [5, 5.41) is 0. The number of ether oxygens (including phenoxy) is 2. The highest BCUT2D eigenvalue weighted by molar-refractivity contribution is 4.92. The number of rotatable bonds is 26. The minimum absolute atomic E-state index is 0.0883. The SMILES string of the molecule is CCCCC/C=C\C/C=C\CCCCCCCCOCC(N)C(C)(C)OC(C)CCCCCCC. The first-order valence-electron chi connectivity index (χ1n) is 15.2. The van der Waals surface area contributed by atoms with E-state index in [1.165, 1.54) is 96.3 Å². The van der Waals surface area contributed by atoms with Crippen molar-refractivity contribution in [3.63, 3.8) is 0 Å². The minimum Gasteiger partial charge on any atom is -0.380 e. The lowest BCUT2D eigenvalue weighted by molar-refractivity contribution is -0.0941. The van der Waals surface area contributed by atoms with Crippen LogP contribution < -0.4 is 5.73 Å². The number of hydrogen-bond donors (Lipinski definition) is 1. The molecule has 0 rings (SSSR count). The summed E-state index contributed by atoms with van der Waals surface area (Å²) >= 11 is 0. The molecule has 0 spiro atoms. The molecule has 0 aliphatic rings. The van der Waals surface area contributed by atoms with Crippen LogP contribution >= 0.6 is 0 Å². The molecule has 2 unspecified atom stereocenters. The van der Waals surface area contributed by atoms with E-state index in [1.807, 2.05) is 0 Å². The van der Waals surface area contributed by atoms with Gasteiger partial charge in [0.2, 0.25) is 0 Å². The van der Waals surface area contributed by atoms with Crippen molar-refractivity contribution in [2.45, 2.75) is 168 Å². The van der Waals surface area contributed by atoms with Crippen LogP contribution in [-0.2, 0) is 9.47 Å². The van der Waals surface area contributed by atoms with E-state index >= 15 is 0 Å². The van der Waals surface area contributed by atoms with Gasteiger partial charge < -0.3 is 15.2 Å². The predicted molar refractivity (Wildman–Crippen MR) is 156 cm³/mol. The van der Waals surface area contributed by atoms with Gasteiger partial charge in [-0.3, -0.25) is 0 Å². The van der Waals surface area contributed by atoms with E-state index in [1.54, 1.807) is 0 Å². The average molecular weight is 494 g/mol. The molecule has 0 aliphatic heterocycles. The first kappa shape index (κ1) is 34.4. The Morgan fingerprint density at radius 2 is 1.20 bits per heavy atom. The fraction of sp³-hybridized carbons (Fsp3) is 0.875. The Hall–Kier alpha value is -0.640. The van der Waals surface area contributed by atoms with Gasteiger partial charge in [0, 0.05) is 6.61 Å². The third kappa shape index (κ3) is 23.5. The Morgan fingerprint density at radius 1 is 0.686 bits per heavy atom. The maximum Gasteiger partial charge on any atom is 0.0802 e. The molecule has 3 nitrogen and oxygen atoms in total. The second-order valence-electron chi connectivity index (χ2n) is 11.0. The third-order valence-electron chi connectivity index (χ3n) is 6.90. The second-order valence-corrected chi connectivity index (χ2v) is 11.0. The van der Waals surface area contributed by atoms with Gasteiger partial charge in [-0.2, -0.15) is 0 Å². The largest absolute Gasteiger partial charge is 0.380 e. The first-order chi connectivity index (χ1) is 16.9. The molecular weight excluding hydrogens is 430 g/mol. The van der Waals surface area contributed by atoms with Crippen molar-refractivity contribution in [2.24, 2.45) is 5.73 Å². The van der Waals surface area contributed by atoms with Crippen LogP contribution in [0.3, 0.4) is 0 Å². The normalized spacial score (nSPS) is 14.3. The van der Waals surface area contributed by atoms with Crippen molar-refractivity contribution in [3.05, 3.63) is 24.3 Å². The lowest BCUT2D eigenvalue weighted by atomic mass is 9.99. The lowest BCUT2D eigenvalue weighted by Crippen LogP contribution is -2.49. The fourth-order valence-electron chi connectivity index (χ4n) is 4.30. The Bertz CT molecular complexity index is 486. The highest BCUT2D eigenvalue weighted by atomic mass is 16.5. The van der Waals surface area contributed by atoms with Crippen molar-refractivity contribution in [3.8, 4) is 0 Å². The van der Waals surface area contributed by atoms with Gasteiger partial charge in [0.25, 0.3) is 0 Å². The quantitative estimate of drug-likeness (QED) is 0.0963. The van der Waals surface area contributed by atoms with Crippen molar-refractivity contribution in [1.82, 2.24) is 0 Å². The predicted octanol–water partition coefficient (Wildman–Crippen LogP) is 9.69. The van der Waals surface area contributed by atoms with Gasteiger partial charge >= 0.3 is 0 Å². The standard InChI is InChI=1S/C32H63NO2/c1-6-8-10-12-13-14-15-16-17-18-19-20-21-22-24-26-28-34-29-31(33)32(4,5)35-30(3)27-25-23-11-9-7-2/h13-14,16-17,30-31H,6-12,15,18-29,33H2,1-5H3/b14-13-,17-16-. The Labute approximate surface area is 220 Å². The molecule has 2 atom stereocenters. The van der Waals surface area contributed by atoms with Crippen LogP contribution in [0.1, 0.15) is 150 Å². The van der Waals surface area contributed by atoms with Crippen LogP contribution in [-0.4, -0.2) is 31.0 Å².